The standard InChI is InChI=1S/C23H28N2O6S/c1-17(22(26)24-20-12-5-6-13-21(20)30-2)31-23(27)18-10-9-11-19(16-18)32(28,29)25-14-7-3-4-8-15-25/h5-6,9-13,16-17H,3-4,7-8,14-15H2,1-2H3,(H,24,26)/t17-/m1/s1. The third-order valence-electron chi connectivity index (χ3n) is 5.29. The fourth-order valence-electron chi connectivity index (χ4n) is 3.48. The van der Waals surface area contributed by atoms with Crippen molar-refractivity contribution in [2.75, 3.05) is 25.5 Å². The van der Waals surface area contributed by atoms with Gasteiger partial charge in [-0.25, -0.2) is 13.2 Å². The number of amides is 1. The van der Waals surface area contributed by atoms with Gasteiger partial charge in [0.25, 0.3) is 5.91 Å². The second-order valence-corrected chi connectivity index (χ2v) is 9.52. The van der Waals surface area contributed by atoms with Gasteiger partial charge in [-0.1, -0.05) is 31.0 Å². The van der Waals surface area contributed by atoms with E-state index in [1.807, 2.05) is 0 Å². The Hall–Kier alpha value is -2.91. The minimum absolute atomic E-state index is 0.0416. The predicted molar refractivity (Wildman–Crippen MR) is 120 cm³/mol. The van der Waals surface area contributed by atoms with Crippen LogP contribution in [0.5, 0.6) is 5.75 Å². The van der Waals surface area contributed by atoms with Crippen molar-refractivity contribution in [1.82, 2.24) is 4.31 Å². The molecule has 2 aromatic carbocycles. The van der Waals surface area contributed by atoms with Crippen molar-refractivity contribution in [3.63, 3.8) is 0 Å². The average molecular weight is 461 g/mol. The molecule has 1 atom stereocenters. The third kappa shape index (κ3) is 5.66. The van der Waals surface area contributed by atoms with Gasteiger partial charge >= 0.3 is 5.97 Å². The molecular formula is C23H28N2O6S. The predicted octanol–water partition coefficient (Wildman–Crippen LogP) is 3.44. The van der Waals surface area contributed by atoms with E-state index in [2.05, 4.69) is 5.32 Å². The lowest BCUT2D eigenvalue weighted by molar-refractivity contribution is -0.123. The van der Waals surface area contributed by atoms with E-state index in [0.717, 1.165) is 25.7 Å². The summed E-state index contributed by atoms with van der Waals surface area (Å²) >= 11 is 0. The molecule has 2 aromatic rings. The van der Waals surface area contributed by atoms with Crippen LogP contribution < -0.4 is 10.1 Å². The van der Waals surface area contributed by atoms with Crippen LogP contribution in [-0.2, 0) is 19.6 Å². The first-order chi connectivity index (χ1) is 15.3. The third-order valence-corrected chi connectivity index (χ3v) is 7.19. The Morgan fingerprint density at radius 1 is 1.00 bits per heavy atom. The first-order valence-corrected chi connectivity index (χ1v) is 12.0. The quantitative estimate of drug-likeness (QED) is 0.635. The van der Waals surface area contributed by atoms with Gasteiger partial charge in [-0.15, -0.1) is 0 Å². The van der Waals surface area contributed by atoms with Crippen molar-refractivity contribution in [2.45, 2.75) is 43.6 Å². The van der Waals surface area contributed by atoms with Gasteiger partial charge in [0.2, 0.25) is 10.0 Å². The molecule has 0 unspecified atom stereocenters. The molecular weight excluding hydrogens is 432 g/mol. The Labute approximate surface area is 188 Å². The number of nitrogens with zero attached hydrogens (tertiary/aromatic N) is 1. The van der Waals surface area contributed by atoms with E-state index in [1.165, 1.54) is 42.6 Å². The topological polar surface area (TPSA) is 102 Å². The molecule has 1 fully saturated rings. The van der Waals surface area contributed by atoms with E-state index in [-0.39, 0.29) is 10.5 Å². The van der Waals surface area contributed by atoms with Gasteiger partial charge in [0.1, 0.15) is 5.75 Å². The van der Waals surface area contributed by atoms with E-state index in [9.17, 15) is 18.0 Å². The molecule has 9 heteroatoms. The van der Waals surface area contributed by atoms with Crippen LogP contribution in [0.25, 0.3) is 0 Å². The number of hydrogen-bond acceptors (Lipinski definition) is 6. The first-order valence-electron chi connectivity index (χ1n) is 10.6. The maximum absolute atomic E-state index is 13.0. The number of carbonyl (C=O) groups is 2. The van der Waals surface area contributed by atoms with Crippen LogP contribution in [0.2, 0.25) is 0 Å². The van der Waals surface area contributed by atoms with E-state index in [4.69, 9.17) is 9.47 Å². The number of ether oxygens (including phenoxy) is 2. The van der Waals surface area contributed by atoms with Crippen LogP contribution in [0.4, 0.5) is 5.69 Å². The zero-order valence-electron chi connectivity index (χ0n) is 18.2. The lowest BCUT2D eigenvalue weighted by Crippen LogP contribution is -2.32. The highest BCUT2D eigenvalue weighted by atomic mass is 32.2. The Kier molecular flexibility index (Phi) is 7.87. The summed E-state index contributed by atoms with van der Waals surface area (Å²) in [7, 11) is -2.21. The summed E-state index contributed by atoms with van der Waals surface area (Å²) in [6.45, 7) is 2.38. The Morgan fingerprint density at radius 2 is 1.69 bits per heavy atom. The number of esters is 1. The van der Waals surface area contributed by atoms with Gasteiger partial charge in [0.05, 0.1) is 23.3 Å². The molecule has 3 rings (SSSR count). The number of benzene rings is 2. The number of rotatable bonds is 7. The Balaban J connectivity index is 1.69. The normalized spacial score (nSPS) is 15.9. The van der Waals surface area contributed by atoms with E-state index >= 15 is 0 Å². The Morgan fingerprint density at radius 3 is 2.38 bits per heavy atom. The molecule has 172 valence electrons. The molecule has 1 amide bonds. The number of nitrogens with one attached hydrogen (secondary N) is 1. The molecule has 0 saturated carbocycles. The molecule has 1 N–H and O–H groups in total. The minimum atomic E-state index is -3.70. The van der Waals surface area contributed by atoms with Crippen molar-refractivity contribution in [2.24, 2.45) is 0 Å². The van der Waals surface area contributed by atoms with Crippen LogP contribution in [0.15, 0.2) is 53.4 Å². The zero-order chi connectivity index (χ0) is 23.1. The second-order valence-electron chi connectivity index (χ2n) is 7.58. The molecule has 1 aliphatic heterocycles. The summed E-state index contributed by atoms with van der Waals surface area (Å²) in [5, 5.41) is 2.66. The monoisotopic (exact) mass is 460 g/mol. The maximum atomic E-state index is 13.0. The molecule has 1 saturated heterocycles. The zero-order valence-corrected chi connectivity index (χ0v) is 19.1. The van der Waals surface area contributed by atoms with Crippen LogP contribution in [0.3, 0.4) is 0 Å². The molecule has 1 aliphatic rings. The molecule has 0 spiro atoms. The highest BCUT2D eigenvalue weighted by Gasteiger charge is 2.27. The summed E-state index contributed by atoms with van der Waals surface area (Å²) in [5.74, 6) is -0.831. The second kappa shape index (κ2) is 10.6. The minimum Gasteiger partial charge on any atom is -0.495 e. The van der Waals surface area contributed by atoms with Crippen LogP contribution in [0, 0.1) is 0 Å². The maximum Gasteiger partial charge on any atom is 0.338 e. The summed E-state index contributed by atoms with van der Waals surface area (Å²) in [6, 6.07) is 12.6. The smallest absolute Gasteiger partial charge is 0.338 e. The number of hydrogen-bond donors (Lipinski definition) is 1. The summed E-state index contributed by atoms with van der Waals surface area (Å²) < 4.78 is 38.0. The van der Waals surface area contributed by atoms with Crippen molar-refractivity contribution in [3.8, 4) is 5.75 Å². The Bertz CT molecular complexity index is 1060. The molecule has 8 nitrogen and oxygen atoms in total. The average Bonchev–Trinajstić information content (AvgIpc) is 3.09. The van der Waals surface area contributed by atoms with Gasteiger partial charge in [0, 0.05) is 13.1 Å². The van der Waals surface area contributed by atoms with Crippen molar-refractivity contribution < 1.29 is 27.5 Å². The van der Waals surface area contributed by atoms with Crippen LogP contribution >= 0.6 is 0 Å². The van der Waals surface area contributed by atoms with Crippen LogP contribution in [-0.4, -0.2) is 50.9 Å². The van der Waals surface area contributed by atoms with E-state index < -0.39 is 28.0 Å². The number of para-hydroxylation sites is 2. The highest BCUT2D eigenvalue weighted by molar-refractivity contribution is 7.89. The van der Waals surface area contributed by atoms with Crippen LogP contribution in [0.1, 0.15) is 43.0 Å². The molecule has 0 aliphatic carbocycles. The number of carbonyl (C=O) groups excluding carboxylic acids is 2. The molecule has 0 bridgehead atoms. The molecule has 0 radical (unpaired) electrons. The lowest BCUT2D eigenvalue weighted by Gasteiger charge is -2.20. The van der Waals surface area contributed by atoms with Gasteiger partial charge < -0.3 is 14.8 Å². The fourth-order valence-corrected chi connectivity index (χ4v) is 5.04. The molecule has 32 heavy (non-hydrogen) atoms. The SMILES string of the molecule is COc1ccccc1NC(=O)[C@@H](C)OC(=O)c1cccc(S(=O)(=O)N2CCCCCC2)c1. The fraction of sp³-hybridized carbons (Fsp3) is 0.391. The molecule has 0 aromatic heterocycles. The van der Waals surface area contributed by atoms with Gasteiger partial charge in [-0.05, 0) is 50.1 Å². The largest absolute Gasteiger partial charge is 0.495 e. The van der Waals surface area contributed by atoms with Crippen molar-refractivity contribution in [3.05, 3.63) is 54.1 Å². The summed E-state index contributed by atoms with van der Waals surface area (Å²) in [5.41, 5.74) is 0.520. The number of methoxy groups -OCH3 is 1. The van der Waals surface area contributed by atoms with Gasteiger partial charge in [-0.2, -0.15) is 4.31 Å². The molecule has 1 heterocycles. The van der Waals surface area contributed by atoms with E-state index in [1.54, 1.807) is 24.3 Å². The summed E-state index contributed by atoms with van der Waals surface area (Å²) in [4.78, 5) is 25.1. The first kappa shape index (κ1) is 23.7. The van der Waals surface area contributed by atoms with Gasteiger partial charge in [0.15, 0.2) is 6.10 Å². The number of sulfonamides is 1. The lowest BCUT2D eigenvalue weighted by atomic mass is 10.2. The highest BCUT2D eigenvalue weighted by Crippen LogP contribution is 2.24. The van der Waals surface area contributed by atoms with E-state index in [0.29, 0.717) is 24.5 Å². The van der Waals surface area contributed by atoms with Crippen molar-refractivity contribution >= 4 is 27.6 Å². The number of anilines is 1. The van der Waals surface area contributed by atoms with Crippen molar-refractivity contribution in [1.29, 1.82) is 0 Å². The summed E-state index contributed by atoms with van der Waals surface area (Å²) in [6.07, 6.45) is 2.55. The van der Waals surface area contributed by atoms with Gasteiger partial charge in [-0.3, -0.25) is 4.79 Å².